The maximum Gasteiger partial charge on any atom is 0.260 e. The number of rotatable bonds is 3. The maximum absolute atomic E-state index is 13.4. The maximum atomic E-state index is 13.4. The van der Waals surface area contributed by atoms with Crippen LogP contribution in [0.3, 0.4) is 0 Å². The van der Waals surface area contributed by atoms with Crippen molar-refractivity contribution in [3.8, 4) is 0 Å². The van der Waals surface area contributed by atoms with Gasteiger partial charge in [0.1, 0.15) is 16.6 Å². The zero-order valence-corrected chi connectivity index (χ0v) is 11.1. The molecule has 0 aliphatic carbocycles. The van der Waals surface area contributed by atoms with Gasteiger partial charge in [-0.2, -0.15) is 0 Å². The van der Waals surface area contributed by atoms with Gasteiger partial charge in [-0.15, -0.1) is 10.2 Å². The van der Waals surface area contributed by atoms with Crippen LogP contribution in [0.5, 0.6) is 0 Å². The number of benzene rings is 1. The average molecular weight is 283 g/mol. The number of nitrogens with zero attached hydrogens (tertiary/aromatic N) is 2. The van der Waals surface area contributed by atoms with Gasteiger partial charge in [0.25, 0.3) is 5.91 Å². The SMILES string of the molecule is CC(C)c1nnc(NC(=O)c2ccc(F)cc2F)s1. The number of amides is 1. The number of hydrogen-bond donors (Lipinski definition) is 1. The van der Waals surface area contributed by atoms with Gasteiger partial charge in [0.05, 0.1) is 5.56 Å². The molecule has 0 unspecified atom stereocenters. The molecular formula is C12H11F2N3OS. The van der Waals surface area contributed by atoms with Crippen LogP contribution in [-0.2, 0) is 0 Å². The number of aromatic nitrogens is 2. The summed E-state index contributed by atoms with van der Waals surface area (Å²) in [7, 11) is 0. The number of nitrogens with one attached hydrogen (secondary N) is 1. The first kappa shape index (κ1) is 13.5. The van der Waals surface area contributed by atoms with Crippen molar-refractivity contribution in [1.29, 1.82) is 0 Å². The summed E-state index contributed by atoms with van der Waals surface area (Å²) in [6, 6.07) is 2.77. The molecule has 0 saturated carbocycles. The quantitative estimate of drug-likeness (QED) is 0.941. The smallest absolute Gasteiger partial charge is 0.260 e. The van der Waals surface area contributed by atoms with E-state index in [9.17, 15) is 13.6 Å². The number of halogens is 2. The van der Waals surface area contributed by atoms with Crippen LogP contribution in [0.4, 0.5) is 13.9 Å². The van der Waals surface area contributed by atoms with Gasteiger partial charge >= 0.3 is 0 Å². The van der Waals surface area contributed by atoms with Crippen LogP contribution < -0.4 is 5.32 Å². The molecule has 1 heterocycles. The second-order valence-electron chi connectivity index (χ2n) is 4.18. The summed E-state index contributed by atoms with van der Waals surface area (Å²) in [5, 5.41) is 11.2. The molecule has 0 aliphatic rings. The summed E-state index contributed by atoms with van der Waals surface area (Å²) < 4.78 is 26.1. The van der Waals surface area contributed by atoms with Crippen LogP contribution >= 0.6 is 11.3 Å². The van der Waals surface area contributed by atoms with Gasteiger partial charge in [0.2, 0.25) is 5.13 Å². The van der Waals surface area contributed by atoms with Crippen molar-refractivity contribution in [2.75, 3.05) is 5.32 Å². The molecule has 4 nitrogen and oxygen atoms in total. The standard InChI is InChI=1S/C12H11F2N3OS/c1-6(2)11-16-17-12(19-11)15-10(18)8-4-3-7(13)5-9(8)14/h3-6H,1-2H3,(H,15,17,18). The van der Waals surface area contributed by atoms with E-state index in [1.807, 2.05) is 13.8 Å². The molecule has 0 saturated heterocycles. The van der Waals surface area contributed by atoms with E-state index in [2.05, 4.69) is 15.5 Å². The van der Waals surface area contributed by atoms with Crippen LogP contribution in [0, 0.1) is 11.6 Å². The van der Waals surface area contributed by atoms with Crippen LogP contribution in [0.1, 0.15) is 35.1 Å². The third-order valence-electron chi connectivity index (χ3n) is 2.33. The second kappa shape index (κ2) is 5.40. The van der Waals surface area contributed by atoms with Gasteiger partial charge in [-0.25, -0.2) is 8.78 Å². The Morgan fingerprint density at radius 3 is 2.63 bits per heavy atom. The highest BCUT2D eigenvalue weighted by Crippen LogP contribution is 2.23. The zero-order valence-electron chi connectivity index (χ0n) is 10.3. The molecule has 2 rings (SSSR count). The van der Waals surface area contributed by atoms with Crippen molar-refractivity contribution in [3.63, 3.8) is 0 Å². The zero-order chi connectivity index (χ0) is 14.0. The third-order valence-corrected chi connectivity index (χ3v) is 3.47. The summed E-state index contributed by atoms with van der Waals surface area (Å²) in [5.41, 5.74) is -0.234. The predicted octanol–water partition coefficient (Wildman–Crippen LogP) is 3.19. The highest BCUT2D eigenvalue weighted by Gasteiger charge is 2.15. The van der Waals surface area contributed by atoms with Crippen LogP contribution in [0.25, 0.3) is 0 Å². The fourth-order valence-electron chi connectivity index (χ4n) is 1.36. The number of carbonyl (C=O) groups is 1. The van der Waals surface area contributed by atoms with Gasteiger partial charge in [0.15, 0.2) is 0 Å². The van der Waals surface area contributed by atoms with Gasteiger partial charge in [-0.3, -0.25) is 10.1 Å². The molecule has 1 N–H and O–H groups in total. The molecule has 0 aliphatic heterocycles. The Kier molecular flexibility index (Phi) is 3.84. The molecule has 0 fully saturated rings. The Balaban J connectivity index is 2.16. The van der Waals surface area contributed by atoms with Crippen molar-refractivity contribution in [1.82, 2.24) is 10.2 Å². The van der Waals surface area contributed by atoms with E-state index < -0.39 is 17.5 Å². The van der Waals surface area contributed by atoms with Crippen LogP contribution in [0.2, 0.25) is 0 Å². The number of anilines is 1. The van der Waals surface area contributed by atoms with Crippen LogP contribution in [-0.4, -0.2) is 16.1 Å². The molecule has 1 aromatic heterocycles. The molecular weight excluding hydrogens is 272 g/mol. The van der Waals surface area contributed by atoms with E-state index in [0.717, 1.165) is 17.1 Å². The van der Waals surface area contributed by atoms with Crippen molar-refractivity contribution in [2.24, 2.45) is 0 Å². The molecule has 2 aromatic rings. The van der Waals surface area contributed by atoms with Crippen molar-refractivity contribution in [3.05, 3.63) is 40.4 Å². The first-order valence-corrected chi connectivity index (χ1v) is 6.39. The number of hydrogen-bond acceptors (Lipinski definition) is 4. The summed E-state index contributed by atoms with van der Waals surface area (Å²) in [4.78, 5) is 11.8. The van der Waals surface area contributed by atoms with Crippen molar-refractivity contribution in [2.45, 2.75) is 19.8 Å². The largest absolute Gasteiger partial charge is 0.296 e. The van der Waals surface area contributed by atoms with E-state index in [0.29, 0.717) is 6.07 Å². The minimum atomic E-state index is -0.911. The molecule has 7 heteroatoms. The van der Waals surface area contributed by atoms with Gasteiger partial charge in [-0.1, -0.05) is 25.2 Å². The van der Waals surface area contributed by atoms with E-state index >= 15 is 0 Å². The minimum absolute atomic E-state index is 0.200. The van der Waals surface area contributed by atoms with E-state index in [-0.39, 0.29) is 16.6 Å². The van der Waals surface area contributed by atoms with Gasteiger partial charge < -0.3 is 0 Å². The number of carbonyl (C=O) groups excluding carboxylic acids is 1. The summed E-state index contributed by atoms with van der Waals surface area (Å²) in [6.45, 7) is 3.90. The molecule has 1 amide bonds. The van der Waals surface area contributed by atoms with Crippen molar-refractivity contribution >= 4 is 22.4 Å². The predicted molar refractivity (Wildman–Crippen MR) is 68.3 cm³/mol. The highest BCUT2D eigenvalue weighted by molar-refractivity contribution is 7.15. The molecule has 1 aromatic carbocycles. The Morgan fingerprint density at radius 1 is 1.32 bits per heavy atom. The molecule has 0 radical (unpaired) electrons. The summed E-state index contributed by atoms with van der Waals surface area (Å²) in [5.74, 6) is -2.12. The fourth-order valence-corrected chi connectivity index (χ4v) is 2.10. The Morgan fingerprint density at radius 2 is 2.05 bits per heavy atom. The Bertz CT molecular complexity index is 613. The first-order chi connectivity index (χ1) is 8.97. The lowest BCUT2D eigenvalue weighted by Gasteiger charge is -2.02. The lowest BCUT2D eigenvalue weighted by atomic mass is 10.2. The lowest BCUT2D eigenvalue weighted by molar-refractivity contribution is 0.102. The second-order valence-corrected chi connectivity index (χ2v) is 5.19. The van der Waals surface area contributed by atoms with Gasteiger partial charge in [0, 0.05) is 12.0 Å². The average Bonchev–Trinajstić information content (AvgIpc) is 2.77. The summed E-state index contributed by atoms with van der Waals surface area (Å²) in [6.07, 6.45) is 0. The fraction of sp³-hybridized carbons (Fsp3) is 0.250. The minimum Gasteiger partial charge on any atom is -0.296 e. The van der Waals surface area contributed by atoms with E-state index in [4.69, 9.17) is 0 Å². The monoisotopic (exact) mass is 283 g/mol. The Hall–Kier alpha value is -1.89. The first-order valence-electron chi connectivity index (χ1n) is 5.57. The molecule has 100 valence electrons. The summed E-state index contributed by atoms with van der Waals surface area (Å²) >= 11 is 1.22. The topological polar surface area (TPSA) is 54.9 Å². The lowest BCUT2D eigenvalue weighted by Crippen LogP contribution is -2.13. The molecule has 0 atom stereocenters. The molecule has 19 heavy (non-hydrogen) atoms. The van der Waals surface area contributed by atoms with Crippen molar-refractivity contribution < 1.29 is 13.6 Å². The van der Waals surface area contributed by atoms with E-state index in [1.165, 1.54) is 11.3 Å². The Labute approximate surface area is 112 Å². The molecule has 0 spiro atoms. The van der Waals surface area contributed by atoms with Crippen LogP contribution in [0.15, 0.2) is 18.2 Å². The highest BCUT2D eigenvalue weighted by atomic mass is 32.1. The normalized spacial score (nSPS) is 10.8. The third kappa shape index (κ3) is 3.11. The molecule has 0 bridgehead atoms. The van der Waals surface area contributed by atoms with E-state index in [1.54, 1.807) is 0 Å². The van der Waals surface area contributed by atoms with Gasteiger partial charge in [-0.05, 0) is 12.1 Å².